The summed E-state index contributed by atoms with van der Waals surface area (Å²) in [7, 11) is -2.59. The number of benzene rings is 4. The lowest BCUT2D eigenvalue weighted by Gasteiger charge is -2.34. The number of anilines is 1. The lowest BCUT2D eigenvalue weighted by atomic mass is 10.0. The standard InChI is InChI=1S/C35H39N3O5S/c1-5-36-35(40)33(23-28-13-8-6-9-14-28)37(24-29-15-12-16-30(22-29)43-4)34(39)25-38(32-21-26(2)19-20-27(32)3)44(41,42)31-17-10-7-11-18-31/h6-22,33H,5,23-25H2,1-4H3,(H,36,40)/t33-/m1/s1. The first-order valence-corrected chi connectivity index (χ1v) is 16.0. The summed E-state index contributed by atoms with van der Waals surface area (Å²) in [5, 5.41) is 2.88. The molecule has 0 unspecified atom stereocenters. The van der Waals surface area contributed by atoms with Gasteiger partial charge in [-0.15, -0.1) is 0 Å². The van der Waals surface area contributed by atoms with Crippen molar-refractivity contribution in [3.8, 4) is 5.75 Å². The zero-order valence-electron chi connectivity index (χ0n) is 25.6. The molecule has 44 heavy (non-hydrogen) atoms. The molecular weight excluding hydrogens is 574 g/mol. The second kappa shape index (κ2) is 14.7. The van der Waals surface area contributed by atoms with Gasteiger partial charge >= 0.3 is 0 Å². The van der Waals surface area contributed by atoms with E-state index in [0.717, 1.165) is 21.0 Å². The molecule has 0 saturated carbocycles. The van der Waals surface area contributed by atoms with Crippen LogP contribution in [0.5, 0.6) is 5.75 Å². The monoisotopic (exact) mass is 613 g/mol. The van der Waals surface area contributed by atoms with Gasteiger partial charge in [-0.3, -0.25) is 13.9 Å². The molecule has 0 spiro atoms. The first kappa shape index (κ1) is 32.3. The SMILES string of the molecule is CCNC(=O)[C@@H](Cc1ccccc1)N(Cc1cccc(OC)c1)C(=O)CN(c1cc(C)ccc1C)S(=O)(=O)c1ccccc1. The average Bonchev–Trinajstić information content (AvgIpc) is 3.03. The number of nitrogens with zero attached hydrogens (tertiary/aromatic N) is 2. The van der Waals surface area contributed by atoms with Crippen LogP contribution in [-0.2, 0) is 32.6 Å². The Morgan fingerprint density at radius 1 is 0.841 bits per heavy atom. The van der Waals surface area contributed by atoms with E-state index in [9.17, 15) is 18.0 Å². The minimum absolute atomic E-state index is 0.0662. The van der Waals surface area contributed by atoms with E-state index < -0.39 is 28.5 Å². The highest BCUT2D eigenvalue weighted by Crippen LogP contribution is 2.29. The molecule has 0 fully saturated rings. The van der Waals surface area contributed by atoms with Crippen LogP contribution in [0.2, 0.25) is 0 Å². The Balaban J connectivity index is 1.83. The third-order valence-electron chi connectivity index (χ3n) is 7.35. The molecule has 0 aromatic heterocycles. The fourth-order valence-corrected chi connectivity index (χ4v) is 6.53. The Hall–Kier alpha value is -4.63. The van der Waals surface area contributed by atoms with E-state index in [1.807, 2.05) is 75.4 Å². The molecule has 0 heterocycles. The molecule has 0 aliphatic rings. The van der Waals surface area contributed by atoms with Crippen LogP contribution >= 0.6 is 0 Å². The van der Waals surface area contributed by atoms with Gasteiger partial charge in [0.05, 0.1) is 17.7 Å². The van der Waals surface area contributed by atoms with Crippen LogP contribution in [0, 0.1) is 13.8 Å². The number of sulfonamides is 1. The minimum Gasteiger partial charge on any atom is -0.497 e. The van der Waals surface area contributed by atoms with Crippen molar-refractivity contribution >= 4 is 27.5 Å². The van der Waals surface area contributed by atoms with Gasteiger partial charge in [-0.2, -0.15) is 0 Å². The maximum atomic E-state index is 14.5. The third kappa shape index (κ3) is 7.85. The zero-order chi connectivity index (χ0) is 31.7. The maximum Gasteiger partial charge on any atom is 0.264 e. The quantitative estimate of drug-likeness (QED) is 0.221. The van der Waals surface area contributed by atoms with Crippen molar-refractivity contribution in [1.29, 1.82) is 0 Å². The van der Waals surface area contributed by atoms with Crippen molar-refractivity contribution in [3.05, 3.63) is 125 Å². The largest absolute Gasteiger partial charge is 0.497 e. The van der Waals surface area contributed by atoms with E-state index in [-0.39, 0.29) is 23.8 Å². The predicted octanol–water partition coefficient (Wildman–Crippen LogP) is 5.28. The number of amides is 2. The summed E-state index contributed by atoms with van der Waals surface area (Å²) in [6.07, 6.45) is 0.247. The number of nitrogens with one attached hydrogen (secondary N) is 1. The van der Waals surface area contributed by atoms with Crippen LogP contribution in [0.25, 0.3) is 0 Å². The van der Waals surface area contributed by atoms with Crippen molar-refractivity contribution in [2.45, 2.75) is 44.7 Å². The molecule has 2 amide bonds. The van der Waals surface area contributed by atoms with Crippen LogP contribution in [0.1, 0.15) is 29.2 Å². The molecule has 230 valence electrons. The molecule has 0 aliphatic heterocycles. The molecule has 4 rings (SSSR count). The predicted molar refractivity (Wildman–Crippen MR) is 173 cm³/mol. The van der Waals surface area contributed by atoms with Gasteiger partial charge in [0, 0.05) is 19.5 Å². The highest BCUT2D eigenvalue weighted by Gasteiger charge is 2.35. The second-order valence-electron chi connectivity index (χ2n) is 10.6. The molecule has 4 aromatic carbocycles. The maximum absolute atomic E-state index is 14.5. The smallest absolute Gasteiger partial charge is 0.264 e. The van der Waals surface area contributed by atoms with Crippen molar-refractivity contribution in [2.24, 2.45) is 0 Å². The van der Waals surface area contributed by atoms with Gasteiger partial charge in [0.2, 0.25) is 11.8 Å². The van der Waals surface area contributed by atoms with E-state index in [1.165, 1.54) is 17.0 Å². The summed E-state index contributed by atoms with van der Waals surface area (Å²) >= 11 is 0. The Labute approximate surface area is 260 Å². The number of carbonyl (C=O) groups excluding carboxylic acids is 2. The second-order valence-corrected chi connectivity index (χ2v) is 12.5. The van der Waals surface area contributed by atoms with Crippen LogP contribution in [0.3, 0.4) is 0 Å². The van der Waals surface area contributed by atoms with E-state index in [4.69, 9.17) is 4.74 Å². The summed E-state index contributed by atoms with van der Waals surface area (Å²) in [5.41, 5.74) is 3.57. The van der Waals surface area contributed by atoms with E-state index in [0.29, 0.717) is 23.5 Å². The van der Waals surface area contributed by atoms with E-state index in [1.54, 1.807) is 43.5 Å². The number of carbonyl (C=O) groups is 2. The molecule has 0 radical (unpaired) electrons. The molecule has 1 N–H and O–H groups in total. The van der Waals surface area contributed by atoms with Crippen LogP contribution in [0.15, 0.2) is 108 Å². The van der Waals surface area contributed by atoms with Crippen molar-refractivity contribution in [3.63, 3.8) is 0 Å². The van der Waals surface area contributed by atoms with Crippen LogP contribution < -0.4 is 14.4 Å². The minimum atomic E-state index is -4.16. The highest BCUT2D eigenvalue weighted by atomic mass is 32.2. The number of hydrogen-bond acceptors (Lipinski definition) is 5. The molecule has 0 saturated heterocycles. The van der Waals surface area contributed by atoms with Gasteiger partial charge < -0.3 is 15.0 Å². The highest BCUT2D eigenvalue weighted by molar-refractivity contribution is 7.92. The van der Waals surface area contributed by atoms with E-state index >= 15 is 0 Å². The summed E-state index contributed by atoms with van der Waals surface area (Å²) in [5.74, 6) is -0.228. The first-order valence-electron chi connectivity index (χ1n) is 14.5. The summed E-state index contributed by atoms with van der Waals surface area (Å²) < 4.78 is 34.9. The molecule has 0 bridgehead atoms. The molecule has 8 nitrogen and oxygen atoms in total. The zero-order valence-corrected chi connectivity index (χ0v) is 26.4. The van der Waals surface area contributed by atoms with Crippen molar-refractivity contribution in [1.82, 2.24) is 10.2 Å². The van der Waals surface area contributed by atoms with Crippen LogP contribution in [0.4, 0.5) is 5.69 Å². The summed E-state index contributed by atoms with van der Waals surface area (Å²) in [6.45, 7) is 5.45. The lowest BCUT2D eigenvalue weighted by Crippen LogP contribution is -2.53. The van der Waals surface area contributed by atoms with Gasteiger partial charge in [-0.25, -0.2) is 8.42 Å². The normalized spacial score (nSPS) is 11.8. The topological polar surface area (TPSA) is 96.0 Å². The Morgan fingerprint density at radius 2 is 1.50 bits per heavy atom. The molecule has 1 atom stereocenters. The van der Waals surface area contributed by atoms with Crippen molar-refractivity contribution in [2.75, 3.05) is 24.5 Å². The molecule has 9 heteroatoms. The van der Waals surface area contributed by atoms with Gasteiger partial charge in [-0.05, 0) is 73.4 Å². The third-order valence-corrected chi connectivity index (χ3v) is 9.13. The number of ether oxygens (including phenoxy) is 1. The molecule has 0 aliphatic carbocycles. The summed E-state index contributed by atoms with van der Waals surface area (Å²) in [6, 6.07) is 29.4. The van der Waals surface area contributed by atoms with Gasteiger partial charge in [0.1, 0.15) is 18.3 Å². The van der Waals surface area contributed by atoms with Gasteiger partial charge in [-0.1, -0.05) is 72.8 Å². The Bertz CT molecular complexity index is 1680. The number of methoxy groups -OCH3 is 1. The summed E-state index contributed by atoms with van der Waals surface area (Å²) in [4.78, 5) is 29.7. The fraction of sp³-hybridized carbons (Fsp3) is 0.257. The number of aryl methyl sites for hydroxylation is 2. The van der Waals surface area contributed by atoms with Crippen molar-refractivity contribution < 1.29 is 22.7 Å². The van der Waals surface area contributed by atoms with Gasteiger partial charge in [0.15, 0.2) is 0 Å². The number of hydrogen-bond donors (Lipinski definition) is 1. The molecular formula is C35H39N3O5S. The van der Waals surface area contributed by atoms with Gasteiger partial charge in [0.25, 0.3) is 10.0 Å². The number of rotatable bonds is 13. The van der Waals surface area contributed by atoms with E-state index in [2.05, 4.69) is 5.32 Å². The average molecular weight is 614 g/mol. The fourth-order valence-electron chi connectivity index (χ4n) is 5.03. The Kier molecular flexibility index (Phi) is 10.8. The Morgan fingerprint density at radius 3 is 2.16 bits per heavy atom. The lowest BCUT2D eigenvalue weighted by molar-refractivity contribution is -0.140. The first-order chi connectivity index (χ1) is 21.1. The molecule has 4 aromatic rings. The number of likely N-dealkylation sites (N-methyl/N-ethyl adjacent to an activating group) is 1. The van der Waals surface area contributed by atoms with Crippen LogP contribution in [-0.4, -0.2) is 51.4 Å².